The van der Waals surface area contributed by atoms with Gasteiger partial charge in [0.1, 0.15) is 22.6 Å². The first-order valence-electron chi connectivity index (χ1n) is 11.2. The van der Waals surface area contributed by atoms with Gasteiger partial charge in [-0.2, -0.15) is 5.26 Å². The molecule has 1 aromatic heterocycles. The zero-order valence-corrected chi connectivity index (χ0v) is 19.7. The number of hydrogen-bond donors (Lipinski definition) is 0. The Morgan fingerprint density at radius 1 is 0.969 bits per heavy atom. The lowest BCUT2D eigenvalue weighted by Gasteiger charge is -2.06. The summed E-state index contributed by atoms with van der Waals surface area (Å²) >= 11 is 1.47. The summed E-state index contributed by atoms with van der Waals surface area (Å²) in [6.07, 6.45) is 9.38. The van der Waals surface area contributed by atoms with Crippen LogP contribution in [-0.2, 0) is 0 Å². The van der Waals surface area contributed by atoms with Gasteiger partial charge in [0.25, 0.3) is 0 Å². The Balaban J connectivity index is 1.58. The fourth-order valence-electron chi connectivity index (χ4n) is 3.33. The number of benzene rings is 2. The van der Waals surface area contributed by atoms with E-state index in [0.29, 0.717) is 10.6 Å². The van der Waals surface area contributed by atoms with Gasteiger partial charge < -0.3 is 9.47 Å². The smallest absolute Gasteiger partial charge is 0.134 e. The van der Waals surface area contributed by atoms with Crippen LogP contribution in [0.2, 0.25) is 0 Å². The van der Waals surface area contributed by atoms with Crippen molar-refractivity contribution in [2.24, 2.45) is 0 Å². The topological polar surface area (TPSA) is 55.1 Å². The first kappa shape index (κ1) is 23.6. The highest BCUT2D eigenvalue weighted by Crippen LogP contribution is 2.28. The third-order valence-corrected chi connectivity index (χ3v) is 6.07. The minimum atomic E-state index is 0.551. The summed E-state index contributed by atoms with van der Waals surface area (Å²) < 4.78 is 11.1. The van der Waals surface area contributed by atoms with Crippen LogP contribution in [0.3, 0.4) is 0 Å². The van der Waals surface area contributed by atoms with Crippen LogP contribution in [0.25, 0.3) is 22.9 Å². The third-order valence-electron chi connectivity index (χ3n) is 5.20. The number of rotatable bonds is 12. The molecule has 166 valence electrons. The van der Waals surface area contributed by atoms with Crippen LogP contribution in [0.15, 0.2) is 53.9 Å². The second kappa shape index (κ2) is 12.7. The summed E-state index contributed by atoms with van der Waals surface area (Å²) in [5, 5.41) is 12.4. The van der Waals surface area contributed by atoms with Gasteiger partial charge in [-0.3, -0.25) is 0 Å². The Morgan fingerprint density at radius 2 is 1.66 bits per heavy atom. The fourth-order valence-corrected chi connectivity index (χ4v) is 4.13. The first-order chi connectivity index (χ1) is 15.7. The van der Waals surface area contributed by atoms with Crippen LogP contribution in [0.4, 0.5) is 0 Å². The number of hydrogen-bond acceptors (Lipinski definition) is 5. The molecule has 0 bridgehead atoms. The van der Waals surface area contributed by atoms with Crippen molar-refractivity contribution >= 4 is 23.0 Å². The van der Waals surface area contributed by atoms with E-state index in [-0.39, 0.29) is 0 Å². The number of unbranched alkanes of at least 4 members (excludes halogenated alkanes) is 5. The van der Waals surface area contributed by atoms with E-state index in [1.807, 2.05) is 60.0 Å². The van der Waals surface area contributed by atoms with E-state index in [1.54, 1.807) is 7.11 Å². The Kier molecular flexibility index (Phi) is 9.34. The molecule has 0 atom stereocenters. The second-order valence-corrected chi connectivity index (χ2v) is 8.48. The summed E-state index contributed by atoms with van der Waals surface area (Å²) in [4.78, 5) is 4.66. The number of methoxy groups -OCH3 is 1. The van der Waals surface area contributed by atoms with Gasteiger partial charge in [0, 0.05) is 10.9 Å². The molecule has 4 nitrogen and oxygen atoms in total. The normalized spacial score (nSPS) is 11.2. The summed E-state index contributed by atoms with van der Waals surface area (Å²) in [7, 11) is 1.65. The molecule has 5 heteroatoms. The second-order valence-electron chi connectivity index (χ2n) is 7.62. The minimum absolute atomic E-state index is 0.551. The van der Waals surface area contributed by atoms with Gasteiger partial charge in [-0.25, -0.2) is 4.98 Å². The molecule has 0 N–H and O–H groups in total. The van der Waals surface area contributed by atoms with Gasteiger partial charge in [0.05, 0.1) is 25.0 Å². The van der Waals surface area contributed by atoms with Gasteiger partial charge >= 0.3 is 0 Å². The van der Waals surface area contributed by atoms with E-state index in [1.165, 1.54) is 43.4 Å². The molecule has 1 heterocycles. The number of allylic oxidation sites excluding steroid dienone is 1. The van der Waals surface area contributed by atoms with Crippen molar-refractivity contribution in [3.05, 3.63) is 64.5 Å². The van der Waals surface area contributed by atoms with E-state index in [2.05, 4.69) is 18.0 Å². The van der Waals surface area contributed by atoms with E-state index in [9.17, 15) is 5.26 Å². The summed E-state index contributed by atoms with van der Waals surface area (Å²) in [5.74, 6) is 1.67. The molecule has 0 fully saturated rings. The Bertz CT molecular complexity index is 1030. The largest absolute Gasteiger partial charge is 0.497 e. The lowest BCUT2D eigenvalue weighted by Crippen LogP contribution is -1.97. The maximum atomic E-state index is 9.67. The zero-order valence-electron chi connectivity index (χ0n) is 18.8. The monoisotopic (exact) mass is 446 g/mol. The van der Waals surface area contributed by atoms with Gasteiger partial charge in [-0.1, -0.05) is 51.2 Å². The van der Waals surface area contributed by atoms with Gasteiger partial charge in [-0.15, -0.1) is 11.3 Å². The summed E-state index contributed by atoms with van der Waals surface area (Å²) in [5.41, 5.74) is 3.36. The molecule has 0 aliphatic carbocycles. The molecule has 0 aliphatic rings. The average molecular weight is 447 g/mol. The molecule has 3 rings (SSSR count). The lowest BCUT2D eigenvalue weighted by atomic mass is 10.1. The molecule has 0 amide bonds. The Labute approximate surface area is 195 Å². The van der Waals surface area contributed by atoms with Gasteiger partial charge in [-0.05, 0) is 54.5 Å². The standard InChI is InChI=1S/C27H30N2O2S/c1-3-4-5-6-7-8-17-31-25-13-9-21(10-14-25)18-23(19-28)27-29-26(20-32-27)22-11-15-24(30-2)16-12-22/h9-16,18,20H,3-8,17H2,1-2H3/b23-18+. The van der Waals surface area contributed by atoms with Crippen LogP contribution >= 0.6 is 11.3 Å². The Hall–Kier alpha value is -3.10. The maximum Gasteiger partial charge on any atom is 0.134 e. The van der Waals surface area contributed by atoms with Crippen LogP contribution < -0.4 is 9.47 Å². The molecule has 0 saturated carbocycles. The van der Waals surface area contributed by atoms with E-state index in [0.717, 1.165) is 41.3 Å². The zero-order chi connectivity index (χ0) is 22.6. The predicted molar refractivity (Wildman–Crippen MR) is 133 cm³/mol. The van der Waals surface area contributed by atoms with Crippen LogP contribution in [0.1, 0.15) is 56.0 Å². The molecule has 3 aromatic rings. The fraction of sp³-hybridized carbons (Fsp3) is 0.333. The molecule has 0 aliphatic heterocycles. The minimum Gasteiger partial charge on any atom is -0.497 e. The van der Waals surface area contributed by atoms with E-state index >= 15 is 0 Å². The van der Waals surface area contributed by atoms with Crippen molar-refractivity contribution < 1.29 is 9.47 Å². The highest BCUT2D eigenvalue weighted by Gasteiger charge is 2.09. The Morgan fingerprint density at radius 3 is 2.34 bits per heavy atom. The van der Waals surface area contributed by atoms with Gasteiger partial charge in [0.15, 0.2) is 0 Å². The van der Waals surface area contributed by atoms with Crippen molar-refractivity contribution in [2.75, 3.05) is 13.7 Å². The average Bonchev–Trinajstić information content (AvgIpc) is 3.33. The summed E-state index contributed by atoms with van der Waals surface area (Å²) in [6.45, 7) is 2.98. The number of nitriles is 1. The molecule has 0 unspecified atom stereocenters. The first-order valence-corrected chi connectivity index (χ1v) is 12.1. The van der Waals surface area contributed by atoms with Crippen molar-refractivity contribution in [1.29, 1.82) is 5.26 Å². The van der Waals surface area contributed by atoms with Gasteiger partial charge in [0.2, 0.25) is 0 Å². The van der Waals surface area contributed by atoms with E-state index < -0.39 is 0 Å². The van der Waals surface area contributed by atoms with Crippen LogP contribution in [-0.4, -0.2) is 18.7 Å². The molecular formula is C27H30N2O2S. The molecule has 0 saturated heterocycles. The highest BCUT2D eigenvalue weighted by atomic mass is 32.1. The number of thiazole rings is 1. The third kappa shape index (κ3) is 6.96. The predicted octanol–water partition coefficient (Wildman–Crippen LogP) is 7.62. The lowest BCUT2D eigenvalue weighted by molar-refractivity contribution is 0.304. The van der Waals surface area contributed by atoms with Crippen molar-refractivity contribution in [2.45, 2.75) is 45.4 Å². The number of aromatic nitrogens is 1. The maximum absolute atomic E-state index is 9.67. The van der Waals surface area contributed by atoms with E-state index in [4.69, 9.17) is 9.47 Å². The van der Waals surface area contributed by atoms with Crippen LogP contribution in [0.5, 0.6) is 11.5 Å². The molecule has 0 radical (unpaired) electrons. The van der Waals surface area contributed by atoms with Crippen molar-refractivity contribution in [3.63, 3.8) is 0 Å². The molecular weight excluding hydrogens is 416 g/mol. The van der Waals surface area contributed by atoms with Crippen molar-refractivity contribution in [3.8, 4) is 28.8 Å². The highest BCUT2D eigenvalue weighted by molar-refractivity contribution is 7.11. The number of ether oxygens (including phenoxy) is 2. The summed E-state index contributed by atoms with van der Waals surface area (Å²) in [6, 6.07) is 17.9. The molecule has 2 aromatic carbocycles. The molecule has 0 spiro atoms. The van der Waals surface area contributed by atoms with Crippen molar-refractivity contribution in [1.82, 2.24) is 4.98 Å². The molecule has 32 heavy (non-hydrogen) atoms. The number of nitrogens with zero attached hydrogens (tertiary/aromatic N) is 2. The SMILES string of the molecule is CCCCCCCCOc1ccc(/C=C(\C#N)c2nc(-c3ccc(OC)cc3)cs2)cc1. The van der Waals surface area contributed by atoms with Crippen LogP contribution in [0, 0.1) is 11.3 Å². The quantitative estimate of drug-likeness (QED) is 0.212.